The van der Waals surface area contributed by atoms with Crippen molar-refractivity contribution in [2.75, 3.05) is 20.7 Å². The van der Waals surface area contributed by atoms with Crippen molar-refractivity contribution in [3.63, 3.8) is 0 Å². The molecule has 0 saturated heterocycles. The van der Waals surface area contributed by atoms with E-state index in [4.69, 9.17) is 28.4 Å². The Morgan fingerprint density at radius 2 is 1.44 bits per heavy atom. The number of hydrogen-bond donors (Lipinski definition) is 0. The van der Waals surface area contributed by atoms with E-state index in [9.17, 15) is 4.79 Å². The zero-order valence-electron chi connectivity index (χ0n) is 21.5. The van der Waals surface area contributed by atoms with Crippen LogP contribution in [0.25, 0.3) is 6.08 Å². The summed E-state index contributed by atoms with van der Waals surface area (Å²) in [4.78, 5) is 13.3. The van der Waals surface area contributed by atoms with Crippen LogP contribution in [0.4, 0.5) is 0 Å². The van der Waals surface area contributed by atoms with Gasteiger partial charge in [0.1, 0.15) is 30.5 Å². The van der Waals surface area contributed by atoms with Crippen LogP contribution in [0.5, 0.6) is 28.7 Å². The molecule has 7 heteroatoms. The predicted molar refractivity (Wildman–Crippen MR) is 146 cm³/mol. The molecule has 0 N–H and O–H groups in total. The molecule has 39 heavy (non-hydrogen) atoms. The molecule has 1 aliphatic heterocycles. The monoisotopic (exact) mass is 524 g/mol. The van der Waals surface area contributed by atoms with E-state index in [0.717, 1.165) is 11.1 Å². The van der Waals surface area contributed by atoms with E-state index in [1.807, 2.05) is 60.7 Å². The van der Waals surface area contributed by atoms with Gasteiger partial charge in [0, 0.05) is 24.8 Å². The van der Waals surface area contributed by atoms with Gasteiger partial charge in [-0.2, -0.15) is 0 Å². The molecular formula is C32H28O7. The van der Waals surface area contributed by atoms with Crippen molar-refractivity contribution in [2.24, 2.45) is 0 Å². The van der Waals surface area contributed by atoms with Crippen molar-refractivity contribution in [3.8, 4) is 28.7 Å². The van der Waals surface area contributed by atoms with Gasteiger partial charge >= 0.3 is 0 Å². The highest BCUT2D eigenvalue weighted by molar-refractivity contribution is 6.09. The van der Waals surface area contributed by atoms with Gasteiger partial charge < -0.3 is 28.4 Å². The van der Waals surface area contributed by atoms with Gasteiger partial charge in [0.2, 0.25) is 6.79 Å². The van der Waals surface area contributed by atoms with Crippen LogP contribution >= 0.6 is 0 Å². The summed E-state index contributed by atoms with van der Waals surface area (Å²) in [6, 6.07) is 28.4. The minimum Gasteiger partial charge on any atom is -0.489 e. The number of carbonyl (C=O) groups excluding carboxylic acids is 1. The molecule has 0 saturated carbocycles. The molecule has 0 aromatic heterocycles. The van der Waals surface area contributed by atoms with Gasteiger partial charge in [0.25, 0.3) is 0 Å². The largest absolute Gasteiger partial charge is 0.489 e. The molecule has 0 aliphatic carbocycles. The molecule has 7 nitrogen and oxygen atoms in total. The third kappa shape index (κ3) is 6.77. The number of hydrogen-bond acceptors (Lipinski definition) is 7. The second-order valence-electron chi connectivity index (χ2n) is 8.70. The van der Waals surface area contributed by atoms with Crippen LogP contribution in [0.15, 0.2) is 97.1 Å². The normalized spacial score (nSPS) is 11.9. The summed E-state index contributed by atoms with van der Waals surface area (Å²) in [5, 5.41) is 0. The van der Waals surface area contributed by atoms with Crippen molar-refractivity contribution in [1.29, 1.82) is 0 Å². The van der Waals surface area contributed by atoms with Crippen molar-refractivity contribution < 1.29 is 33.2 Å². The number of methoxy groups -OCH3 is 1. The van der Waals surface area contributed by atoms with E-state index in [0.29, 0.717) is 53.1 Å². The first-order valence-corrected chi connectivity index (χ1v) is 12.4. The second kappa shape index (κ2) is 12.7. The maximum Gasteiger partial charge on any atom is 0.231 e. The van der Waals surface area contributed by atoms with Gasteiger partial charge in [-0.15, -0.1) is 0 Å². The third-order valence-corrected chi connectivity index (χ3v) is 5.96. The summed E-state index contributed by atoms with van der Waals surface area (Å²) in [6.07, 6.45) is 3.18. The fraction of sp³-hybridized carbons (Fsp3) is 0.156. The van der Waals surface area contributed by atoms with Crippen molar-refractivity contribution in [2.45, 2.75) is 13.2 Å². The molecule has 0 radical (unpaired) electrons. The topological polar surface area (TPSA) is 72.5 Å². The summed E-state index contributed by atoms with van der Waals surface area (Å²) in [5.41, 5.74) is 3.12. The van der Waals surface area contributed by atoms with E-state index < -0.39 is 0 Å². The Morgan fingerprint density at radius 3 is 2.13 bits per heavy atom. The first-order chi connectivity index (χ1) is 19.2. The standard InChI is InChI=1S/C32H28O7/c1-34-21-37-30-17-26(35-19-23-8-4-2-5-9-23)13-14-27(30)28(33)15-12-25-16-31-32(39-22-38-31)18-29(25)36-20-24-10-6-3-7-11-24/h2-18H,19-22H2,1H3/b15-12+. The van der Waals surface area contributed by atoms with Gasteiger partial charge in [0.05, 0.1) is 5.56 Å². The highest BCUT2D eigenvalue weighted by Crippen LogP contribution is 2.39. The third-order valence-electron chi connectivity index (χ3n) is 5.96. The van der Waals surface area contributed by atoms with Gasteiger partial charge in [0.15, 0.2) is 24.1 Å². The lowest BCUT2D eigenvalue weighted by molar-refractivity contribution is 0.0501. The quantitative estimate of drug-likeness (QED) is 0.120. The van der Waals surface area contributed by atoms with E-state index in [2.05, 4.69) is 0 Å². The van der Waals surface area contributed by atoms with E-state index in [-0.39, 0.29) is 19.4 Å². The Morgan fingerprint density at radius 1 is 0.769 bits per heavy atom. The molecule has 4 aromatic carbocycles. The molecular weight excluding hydrogens is 496 g/mol. The van der Waals surface area contributed by atoms with Crippen LogP contribution in [-0.2, 0) is 18.0 Å². The van der Waals surface area contributed by atoms with E-state index >= 15 is 0 Å². The Hall–Kier alpha value is -4.75. The lowest BCUT2D eigenvalue weighted by Gasteiger charge is -2.13. The zero-order valence-corrected chi connectivity index (χ0v) is 21.5. The minimum absolute atomic E-state index is 0.00817. The highest BCUT2D eigenvalue weighted by atomic mass is 16.7. The van der Waals surface area contributed by atoms with Crippen molar-refractivity contribution >= 4 is 11.9 Å². The average Bonchev–Trinajstić information content (AvgIpc) is 3.45. The summed E-state index contributed by atoms with van der Waals surface area (Å²) in [6.45, 7) is 0.895. The SMILES string of the molecule is COCOc1cc(OCc2ccccc2)ccc1C(=O)/C=C/c1cc2c(cc1OCc1ccccc1)OCO2. The maximum absolute atomic E-state index is 13.3. The molecule has 1 aliphatic rings. The predicted octanol–water partition coefficient (Wildman–Crippen LogP) is 6.45. The highest BCUT2D eigenvalue weighted by Gasteiger charge is 2.18. The summed E-state index contributed by atoms with van der Waals surface area (Å²) >= 11 is 0. The molecule has 1 heterocycles. The first-order valence-electron chi connectivity index (χ1n) is 12.4. The van der Waals surface area contributed by atoms with Gasteiger partial charge in [-0.05, 0) is 41.5 Å². The van der Waals surface area contributed by atoms with E-state index in [1.54, 1.807) is 36.4 Å². The molecule has 0 fully saturated rings. The van der Waals surface area contributed by atoms with Crippen LogP contribution in [0.3, 0.4) is 0 Å². The number of ketones is 1. The number of fused-ring (bicyclic) bond motifs is 1. The first kappa shape index (κ1) is 25.9. The van der Waals surface area contributed by atoms with Crippen LogP contribution < -0.4 is 23.7 Å². The second-order valence-corrected chi connectivity index (χ2v) is 8.70. The molecule has 0 spiro atoms. The minimum atomic E-state index is -0.248. The number of allylic oxidation sites excluding steroid dienone is 1. The Bertz CT molecular complexity index is 1430. The molecule has 5 rings (SSSR count). The Balaban J connectivity index is 1.35. The Kier molecular flexibility index (Phi) is 8.41. The number of benzene rings is 4. The summed E-state index contributed by atoms with van der Waals surface area (Å²) in [7, 11) is 1.52. The maximum atomic E-state index is 13.3. The molecule has 0 atom stereocenters. The summed E-state index contributed by atoms with van der Waals surface area (Å²) in [5.74, 6) is 2.47. The lowest BCUT2D eigenvalue weighted by atomic mass is 10.1. The molecule has 0 amide bonds. The fourth-order valence-corrected chi connectivity index (χ4v) is 3.96. The number of carbonyl (C=O) groups is 1. The fourth-order valence-electron chi connectivity index (χ4n) is 3.96. The lowest BCUT2D eigenvalue weighted by Crippen LogP contribution is -2.05. The van der Waals surface area contributed by atoms with Gasteiger partial charge in [-0.1, -0.05) is 60.7 Å². The molecule has 0 unspecified atom stereocenters. The van der Waals surface area contributed by atoms with Crippen molar-refractivity contribution in [3.05, 3.63) is 119 Å². The van der Waals surface area contributed by atoms with Crippen molar-refractivity contribution in [1.82, 2.24) is 0 Å². The van der Waals surface area contributed by atoms with Crippen LogP contribution in [0.1, 0.15) is 27.0 Å². The smallest absolute Gasteiger partial charge is 0.231 e. The van der Waals surface area contributed by atoms with Crippen LogP contribution in [0, 0.1) is 0 Å². The molecule has 198 valence electrons. The van der Waals surface area contributed by atoms with Crippen LogP contribution in [-0.4, -0.2) is 26.5 Å². The average molecular weight is 525 g/mol. The molecule has 4 aromatic rings. The van der Waals surface area contributed by atoms with Gasteiger partial charge in [-0.25, -0.2) is 0 Å². The zero-order chi connectivity index (χ0) is 26.9. The number of rotatable bonds is 12. The van der Waals surface area contributed by atoms with E-state index in [1.165, 1.54) is 13.2 Å². The van der Waals surface area contributed by atoms with Crippen LogP contribution in [0.2, 0.25) is 0 Å². The number of ether oxygens (including phenoxy) is 6. The summed E-state index contributed by atoms with van der Waals surface area (Å²) < 4.78 is 33.8. The molecule has 0 bridgehead atoms. The van der Waals surface area contributed by atoms with Gasteiger partial charge in [-0.3, -0.25) is 4.79 Å². The Labute approximate surface area is 227 Å².